The van der Waals surface area contributed by atoms with Crippen molar-refractivity contribution in [3.05, 3.63) is 0 Å². The molecule has 0 rings (SSSR count). The van der Waals surface area contributed by atoms with Gasteiger partial charge in [-0.1, -0.05) is 0 Å². The van der Waals surface area contributed by atoms with Crippen LogP contribution >= 0.6 is 0 Å². The molecule has 3 N–H and O–H groups in total. The average molecular weight is 127 g/mol. The summed E-state index contributed by atoms with van der Waals surface area (Å²) in [5, 5.41) is 9.00. The molecule has 0 spiro atoms. The first-order valence-corrected chi connectivity index (χ1v) is 3.13. The zero-order valence-electron chi connectivity index (χ0n) is 5.51. The van der Waals surface area contributed by atoms with Crippen LogP contribution in [0, 0.1) is 12.3 Å². The number of hydrogen-bond acceptors (Lipinski definition) is 2. The number of nitrogens with two attached hydrogens (primary N) is 1. The molecule has 9 heavy (non-hydrogen) atoms. The molecular formula is C7H13NO. The molecule has 0 aliphatic carbocycles. The third-order valence-corrected chi connectivity index (χ3v) is 1.12. The molecule has 0 heterocycles. The highest BCUT2D eigenvalue weighted by Gasteiger charge is 1.99. The molecule has 0 aliphatic rings. The number of hydrogen-bond donors (Lipinski definition) is 2. The molecule has 0 saturated heterocycles. The van der Waals surface area contributed by atoms with Gasteiger partial charge in [0.2, 0.25) is 0 Å². The van der Waals surface area contributed by atoms with Gasteiger partial charge in [0, 0.05) is 6.42 Å². The molecule has 2 heteroatoms. The molecule has 0 aromatic heterocycles. The van der Waals surface area contributed by atoms with E-state index in [1.165, 1.54) is 0 Å². The Hall–Kier alpha value is -0.520. The molecule has 0 saturated carbocycles. The van der Waals surface area contributed by atoms with Crippen molar-refractivity contribution in [2.24, 2.45) is 5.73 Å². The molecule has 0 amide bonds. The van der Waals surface area contributed by atoms with E-state index < -0.39 is 0 Å². The van der Waals surface area contributed by atoms with Gasteiger partial charge in [-0.15, -0.1) is 12.3 Å². The highest BCUT2D eigenvalue weighted by Crippen LogP contribution is 1.98. The van der Waals surface area contributed by atoms with E-state index in [1.54, 1.807) is 0 Å². The Bertz CT molecular complexity index is 95.6. The van der Waals surface area contributed by atoms with Crippen molar-refractivity contribution >= 4 is 0 Å². The quantitative estimate of drug-likeness (QED) is 0.526. The molecule has 0 aromatic rings. The van der Waals surface area contributed by atoms with E-state index in [-0.39, 0.29) is 6.10 Å². The SMILES string of the molecule is C#CCC[C@@H](O)CCN. The van der Waals surface area contributed by atoms with Crippen LogP contribution in [0.4, 0.5) is 0 Å². The number of aliphatic hydroxyl groups is 1. The van der Waals surface area contributed by atoms with Crippen LogP contribution < -0.4 is 5.73 Å². The molecule has 2 nitrogen and oxygen atoms in total. The van der Waals surface area contributed by atoms with Crippen LogP contribution in [0.3, 0.4) is 0 Å². The monoisotopic (exact) mass is 127 g/mol. The maximum absolute atomic E-state index is 9.00. The van der Waals surface area contributed by atoms with Gasteiger partial charge in [-0.2, -0.15) is 0 Å². The fourth-order valence-corrected chi connectivity index (χ4v) is 0.587. The second kappa shape index (κ2) is 5.61. The molecule has 0 aromatic carbocycles. The Kier molecular flexibility index (Phi) is 5.29. The standard InChI is InChI=1S/C7H13NO/c1-2-3-4-7(9)5-6-8/h1,7,9H,3-6,8H2/t7-/m1/s1. The van der Waals surface area contributed by atoms with Crippen LogP contribution in [0.15, 0.2) is 0 Å². The van der Waals surface area contributed by atoms with Crippen LogP contribution in [0.1, 0.15) is 19.3 Å². The average Bonchev–Trinajstić information content (AvgIpc) is 1.85. The van der Waals surface area contributed by atoms with Crippen molar-refractivity contribution in [2.75, 3.05) is 6.54 Å². The van der Waals surface area contributed by atoms with Gasteiger partial charge < -0.3 is 10.8 Å². The Morgan fingerprint density at radius 1 is 1.56 bits per heavy atom. The Morgan fingerprint density at radius 3 is 2.67 bits per heavy atom. The molecule has 0 aliphatic heterocycles. The first-order chi connectivity index (χ1) is 4.31. The van der Waals surface area contributed by atoms with Gasteiger partial charge in [0.25, 0.3) is 0 Å². The normalized spacial score (nSPS) is 12.6. The zero-order chi connectivity index (χ0) is 7.11. The number of rotatable bonds is 4. The summed E-state index contributed by atoms with van der Waals surface area (Å²) in [7, 11) is 0. The van der Waals surface area contributed by atoms with Gasteiger partial charge in [0.05, 0.1) is 6.10 Å². The molecule has 0 unspecified atom stereocenters. The van der Waals surface area contributed by atoms with Gasteiger partial charge in [0.1, 0.15) is 0 Å². The topological polar surface area (TPSA) is 46.2 Å². The Morgan fingerprint density at radius 2 is 2.22 bits per heavy atom. The first-order valence-electron chi connectivity index (χ1n) is 3.13. The van der Waals surface area contributed by atoms with E-state index in [4.69, 9.17) is 17.3 Å². The number of terminal acetylenes is 1. The zero-order valence-corrected chi connectivity index (χ0v) is 5.51. The maximum Gasteiger partial charge on any atom is 0.0561 e. The molecular weight excluding hydrogens is 114 g/mol. The molecule has 52 valence electrons. The lowest BCUT2D eigenvalue weighted by Crippen LogP contribution is -2.12. The van der Waals surface area contributed by atoms with Gasteiger partial charge in [0.15, 0.2) is 0 Å². The van der Waals surface area contributed by atoms with Gasteiger partial charge in [-0.25, -0.2) is 0 Å². The lowest BCUT2D eigenvalue weighted by molar-refractivity contribution is 0.159. The van der Waals surface area contributed by atoms with Crippen molar-refractivity contribution in [3.63, 3.8) is 0 Å². The predicted molar refractivity (Wildman–Crippen MR) is 37.7 cm³/mol. The van der Waals surface area contributed by atoms with E-state index in [2.05, 4.69) is 5.92 Å². The summed E-state index contributed by atoms with van der Waals surface area (Å²) in [6.07, 6.45) is 6.65. The fraction of sp³-hybridized carbons (Fsp3) is 0.714. The van der Waals surface area contributed by atoms with E-state index in [0.717, 1.165) is 0 Å². The minimum Gasteiger partial charge on any atom is -0.393 e. The molecule has 0 fully saturated rings. The van der Waals surface area contributed by atoms with E-state index in [0.29, 0.717) is 25.8 Å². The Labute approximate surface area is 56.1 Å². The largest absolute Gasteiger partial charge is 0.393 e. The minimum atomic E-state index is -0.300. The van der Waals surface area contributed by atoms with Crippen LogP contribution in [0.5, 0.6) is 0 Å². The fourth-order valence-electron chi connectivity index (χ4n) is 0.587. The summed E-state index contributed by atoms with van der Waals surface area (Å²) in [5.74, 6) is 2.46. The summed E-state index contributed by atoms with van der Waals surface area (Å²) in [5.41, 5.74) is 5.19. The van der Waals surface area contributed by atoms with Crippen LogP contribution in [0.2, 0.25) is 0 Å². The molecule has 0 radical (unpaired) electrons. The van der Waals surface area contributed by atoms with Crippen molar-refractivity contribution < 1.29 is 5.11 Å². The third kappa shape index (κ3) is 5.35. The highest BCUT2D eigenvalue weighted by molar-refractivity contribution is 4.84. The summed E-state index contributed by atoms with van der Waals surface area (Å²) < 4.78 is 0. The highest BCUT2D eigenvalue weighted by atomic mass is 16.3. The van der Waals surface area contributed by atoms with E-state index >= 15 is 0 Å². The van der Waals surface area contributed by atoms with Crippen molar-refractivity contribution in [2.45, 2.75) is 25.4 Å². The molecule has 1 atom stereocenters. The smallest absolute Gasteiger partial charge is 0.0561 e. The van der Waals surface area contributed by atoms with Crippen molar-refractivity contribution in [1.82, 2.24) is 0 Å². The van der Waals surface area contributed by atoms with Crippen LogP contribution in [-0.2, 0) is 0 Å². The maximum atomic E-state index is 9.00. The van der Waals surface area contributed by atoms with Crippen LogP contribution in [-0.4, -0.2) is 17.8 Å². The van der Waals surface area contributed by atoms with Gasteiger partial charge in [-0.05, 0) is 19.4 Å². The van der Waals surface area contributed by atoms with Gasteiger partial charge >= 0.3 is 0 Å². The lowest BCUT2D eigenvalue weighted by atomic mass is 10.1. The predicted octanol–water partition coefficient (Wildman–Crippen LogP) is 0.110. The summed E-state index contributed by atoms with van der Waals surface area (Å²) in [4.78, 5) is 0. The third-order valence-electron chi connectivity index (χ3n) is 1.12. The van der Waals surface area contributed by atoms with Crippen molar-refractivity contribution in [3.8, 4) is 12.3 Å². The van der Waals surface area contributed by atoms with Crippen molar-refractivity contribution in [1.29, 1.82) is 0 Å². The summed E-state index contributed by atoms with van der Waals surface area (Å²) >= 11 is 0. The van der Waals surface area contributed by atoms with E-state index in [9.17, 15) is 0 Å². The van der Waals surface area contributed by atoms with E-state index in [1.807, 2.05) is 0 Å². The number of aliphatic hydroxyl groups excluding tert-OH is 1. The minimum absolute atomic E-state index is 0.300. The van der Waals surface area contributed by atoms with Gasteiger partial charge in [-0.3, -0.25) is 0 Å². The molecule has 0 bridgehead atoms. The lowest BCUT2D eigenvalue weighted by Gasteiger charge is -2.04. The second-order valence-electron chi connectivity index (χ2n) is 1.97. The second-order valence-corrected chi connectivity index (χ2v) is 1.97. The summed E-state index contributed by atoms with van der Waals surface area (Å²) in [6.45, 7) is 0.533. The first kappa shape index (κ1) is 8.48. The summed E-state index contributed by atoms with van der Waals surface area (Å²) in [6, 6.07) is 0. The Balaban J connectivity index is 3.07. The van der Waals surface area contributed by atoms with Crippen LogP contribution in [0.25, 0.3) is 0 Å².